The average molecular weight is 345 g/mol. The van der Waals surface area contributed by atoms with Crippen molar-refractivity contribution in [3.8, 4) is 0 Å². The fourth-order valence-electron chi connectivity index (χ4n) is 2.41. The number of hydrogen-bond donors (Lipinski definition) is 0. The SMILES string of the molecule is CCCCC[C@H]1C[C@@H](/C=[CH]/[Sn]([CH3])([CH3])[CH3])[C@@H](C)O1. The predicted octanol–water partition coefficient (Wildman–Crippen LogP) is 4.79. The summed E-state index contributed by atoms with van der Waals surface area (Å²) in [6.45, 7) is 4.51. The van der Waals surface area contributed by atoms with E-state index in [4.69, 9.17) is 4.74 Å². The van der Waals surface area contributed by atoms with Gasteiger partial charge in [-0.1, -0.05) is 0 Å². The Labute approximate surface area is 112 Å². The van der Waals surface area contributed by atoms with Crippen molar-refractivity contribution in [1.82, 2.24) is 0 Å². The number of ether oxygens (including phenoxy) is 1. The zero-order valence-electron chi connectivity index (χ0n) is 12.3. The first-order valence-electron chi connectivity index (χ1n) is 7.27. The third kappa shape index (κ3) is 6.28. The van der Waals surface area contributed by atoms with Gasteiger partial charge in [0.1, 0.15) is 0 Å². The second-order valence-electron chi connectivity index (χ2n) is 6.58. The fourth-order valence-corrected chi connectivity index (χ4v) is 4.76. The molecule has 1 aliphatic rings. The molecule has 1 nitrogen and oxygen atoms in total. The second kappa shape index (κ2) is 7.18. The maximum atomic E-state index is 6.06. The summed E-state index contributed by atoms with van der Waals surface area (Å²) in [7, 11) is 0. The summed E-state index contributed by atoms with van der Waals surface area (Å²) >= 11 is -1.73. The summed E-state index contributed by atoms with van der Waals surface area (Å²) in [5.41, 5.74) is 0. The van der Waals surface area contributed by atoms with E-state index in [-0.39, 0.29) is 0 Å². The van der Waals surface area contributed by atoms with Crippen molar-refractivity contribution in [2.45, 2.75) is 73.0 Å². The van der Waals surface area contributed by atoms with Crippen LogP contribution in [0.4, 0.5) is 0 Å². The molecule has 1 heterocycles. The molecule has 17 heavy (non-hydrogen) atoms. The standard InChI is InChI=1S/C12H21O.3CH3.Sn/c1-4-6-7-8-12-9-11(5-2)10(3)13-12;;;;/h2,5,10-12H,4,6-9H2,1,3H3;3*1H3;/t10-,11-,12+;;;;/m1..../s1. The fraction of sp³-hybridized carbons (Fsp3) is 0.867. The molecule has 0 aromatic carbocycles. The van der Waals surface area contributed by atoms with Crippen molar-refractivity contribution in [2.24, 2.45) is 5.92 Å². The van der Waals surface area contributed by atoms with E-state index in [1.54, 1.807) is 0 Å². The van der Waals surface area contributed by atoms with E-state index in [2.05, 4.69) is 38.8 Å². The van der Waals surface area contributed by atoms with Crippen molar-refractivity contribution < 1.29 is 4.74 Å². The summed E-state index contributed by atoms with van der Waals surface area (Å²) in [5.74, 6) is 0.678. The van der Waals surface area contributed by atoms with Gasteiger partial charge in [0.15, 0.2) is 0 Å². The van der Waals surface area contributed by atoms with E-state index in [0.29, 0.717) is 18.1 Å². The Kier molecular flexibility index (Phi) is 6.57. The minimum absolute atomic E-state index is 0.437. The number of rotatable bonds is 6. The van der Waals surface area contributed by atoms with Crippen molar-refractivity contribution in [3.05, 3.63) is 10.2 Å². The molecular formula is C15H30OSn. The normalized spacial score (nSPS) is 30.3. The van der Waals surface area contributed by atoms with Crippen LogP contribution < -0.4 is 0 Å². The molecule has 1 rings (SSSR count). The number of hydrogen-bond acceptors (Lipinski definition) is 1. The maximum absolute atomic E-state index is 6.06. The molecule has 1 saturated heterocycles. The first-order chi connectivity index (χ1) is 7.92. The van der Waals surface area contributed by atoms with Crippen LogP contribution in [0.25, 0.3) is 0 Å². The van der Waals surface area contributed by atoms with Crippen molar-refractivity contribution >= 4 is 18.4 Å². The molecule has 0 unspecified atom stereocenters. The molecule has 2 heteroatoms. The van der Waals surface area contributed by atoms with Crippen LogP contribution in [0.2, 0.25) is 14.8 Å². The van der Waals surface area contributed by atoms with Crippen molar-refractivity contribution in [3.63, 3.8) is 0 Å². The zero-order valence-corrected chi connectivity index (χ0v) is 15.2. The van der Waals surface area contributed by atoms with E-state index in [0.717, 1.165) is 0 Å². The van der Waals surface area contributed by atoms with E-state index >= 15 is 0 Å². The summed E-state index contributed by atoms with van der Waals surface area (Å²) in [4.78, 5) is 7.39. The van der Waals surface area contributed by atoms with Crippen LogP contribution in [0.3, 0.4) is 0 Å². The molecule has 0 spiro atoms. The number of unbranched alkanes of at least 4 members (excludes halogenated alkanes) is 2. The molecule has 0 amide bonds. The van der Waals surface area contributed by atoms with Crippen molar-refractivity contribution in [1.29, 1.82) is 0 Å². The third-order valence-electron chi connectivity index (χ3n) is 3.52. The van der Waals surface area contributed by atoms with Gasteiger partial charge in [-0.2, -0.15) is 0 Å². The summed E-state index contributed by atoms with van der Waals surface area (Å²) in [6.07, 6.45) is 9.96. The Morgan fingerprint density at radius 3 is 2.53 bits per heavy atom. The summed E-state index contributed by atoms with van der Waals surface area (Å²) in [6, 6.07) is 0. The van der Waals surface area contributed by atoms with Gasteiger partial charge >= 0.3 is 112 Å². The van der Waals surface area contributed by atoms with Crippen LogP contribution in [0.1, 0.15) is 46.0 Å². The van der Waals surface area contributed by atoms with Crippen LogP contribution in [0.15, 0.2) is 10.2 Å². The van der Waals surface area contributed by atoms with Crippen LogP contribution in [-0.4, -0.2) is 30.6 Å². The van der Waals surface area contributed by atoms with Gasteiger partial charge in [-0.15, -0.1) is 0 Å². The molecule has 0 aliphatic carbocycles. The van der Waals surface area contributed by atoms with Gasteiger partial charge < -0.3 is 0 Å². The zero-order chi connectivity index (χ0) is 12.9. The monoisotopic (exact) mass is 346 g/mol. The van der Waals surface area contributed by atoms with Gasteiger partial charge in [0, 0.05) is 0 Å². The molecule has 3 atom stereocenters. The molecular weight excluding hydrogens is 315 g/mol. The molecule has 0 aromatic rings. The average Bonchev–Trinajstić information content (AvgIpc) is 2.56. The first kappa shape index (κ1) is 15.6. The molecule has 1 fully saturated rings. The van der Waals surface area contributed by atoms with E-state index in [9.17, 15) is 0 Å². The molecule has 1 aliphatic heterocycles. The molecule has 0 aromatic heterocycles. The van der Waals surface area contributed by atoms with Gasteiger partial charge in [0.05, 0.1) is 0 Å². The van der Waals surface area contributed by atoms with E-state index in [1.165, 1.54) is 32.1 Å². The Bertz CT molecular complexity index is 242. The van der Waals surface area contributed by atoms with E-state index in [1.807, 2.05) is 0 Å². The van der Waals surface area contributed by atoms with Gasteiger partial charge in [-0.25, -0.2) is 0 Å². The molecule has 0 bridgehead atoms. The van der Waals surface area contributed by atoms with Crippen LogP contribution >= 0.6 is 0 Å². The molecule has 100 valence electrons. The molecule has 0 N–H and O–H groups in total. The second-order valence-corrected chi connectivity index (χ2v) is 21.0. The Morgan fingerprint density at radius 1 is 1.24 bits per heavy atom. The van der Waals surface area contributed by atoms with Gasteiger partial charge in [-0.3, -0.25) is 0 Å². The Morgan fingerprint density at radius 2 is 1.94 bits per heavy atom. The van der Waals surface area contributed by atoms with Crippen LogP contribution in [-0.2, 0) is 4.74 Å². The van der Waals surface area contributed by atoms with Gasteiger partial charge in [0.25, 0.3) is 0 Å². The Balaban J connectivity index is 2.36. The summed E-state index contributed by atoms with van der Waals surface area (Å²) in [5, 5.41) is 0. The van der Waals surface area contributed by atoms with Gasteiger partial charge in [-0.05, 0) is 0 Å². The predicted molar refractivity (Wildman–Crippen MR) is 79.1 cm³/mol. The van der Waals surface area contributed by atoms with Crippen LogP contribution in [0, 0.1) is 5.92 Å². The van der Waals surface area contributed by atoms with Crippen molar-refractivity contribution in [2.75, 3.05) is 0 Å². The third-order valence-corrected chi connectivity index (χ3v) is 6.92. The van der Waals surface area contributed by atoms with Crippen LogP contribution in [0.5, 0.6) is 0 Å². The molecule has 0 radical (unpaired) electrons. The first-order valence-corrected chi connectivity index (χ1v) is 17.5. The van der Waals surface area contributed by atoms with Gasteiger partial charge in [0.2, 0.25) is 0 Å². The topological polar surface area (TPSA) is 9.23 Å². The Hall–Kier alpha value is 0.499. The summed E-state index contributed by atoms with van der Waals surface area (Å²) < 4.78 is 8.61. The minimum atomic E-state index is -1.73. The quantitative estimate of drug-likeness (QED) is 0.497. The van der Waals surface area contributed by atoms with E-state index < -0.39 is 18.4 Å². The molecule has 0 saturated carbocycles.